The highest BCUT2D eigenvalue weighted by molar-refractivity contribution is 5.85. The summed E-state index contributed by atoms with van der Waals surface area (Å²) < 4.78 is 18.3. The van der Waals surface area contributed by atoms with Gasteiger partial charge in [-0.05, 0) is 25.1 Å². The van der Waals surface area contributed by atoms with E-state index < -0.39 is 5.82 Å². The molecule has 0 fully saturated rings. The zero-order valence-corrected chi connectivity index (χ0v) is 10.8. The predicted octanol–water partition coefficient (Wildman–Crippen LogP) is 1.48. The minimum atomic E-state index is -0.420. The zero-order valence-electron chi connectivity index (χ0n) is 10.0. The number of carbonyl (C=O) groups is 1. The van der Waals surface area contributed by atoms with Gasteiger partial charge in [0.15, 0.2) is 11.6 Å². The van der Waals surface area contributed by atoms with E-state index in [1.54, 1.807) is 12.1 Å². The molecule has 0 aromatic heterocycles. The van der Waals surface area contributed by atoms with Crippen molar-refractivity contribution in [1.29, 1.82) is 0 Å². The van der Waals surface area contributed by atoms with E-state index in [4.69, 9.17) is 10.5 Å². The summed E-state index contributed by atoms with van der Waals surface area (Å²) in [6.45, 7) is 1.27. The molecule has 0 bridgehead atoms. The first-order valence-corrected chi connectivity index (χ1v) is 5.58. The van der Waals surface area contributed by atoms with Gasteiger partial charge in [-0.15, -0.1) is 12.4 Å². The number of carbonyl (C=O) groups excluding carboxylic acids is 1. The van der Waals surface area contributed by atoms with Crippen LogP contribution in [-0.4, -0.2) is 25.6 Å². The molecule has 0 radical (unpaired) electrons. The number of para-hydroxylation sites is 1. The smallest absolute Gasteiger partial charge is 0.223 e. The molecule has 0 unspecified atom stereocenters. The number of nitrogens with two attached hydrogens (primary N) is 1. The van der Waals surface area contributed by atoms with E-state index in [9.17, 15) is 9.18 Å². The van der Waals surface area contributed by atoms with Crippen LogP contribution in [0.15, 0.2) is 24.3 Å². The highest BCUT2D eigenvalue weighted by Crippen LogP contribution is 2.15. The Labute approximate surface area is 112 Å². The van der Waals surface area contributed by atoms with Gasteiger partial charge in [-0.25, -0.2) is 4.39 Å². The van der Waals surface area contributed by atoms with Crippen LogP contribution in [0, 0.1) is 5.82 Å². The number of ether oxygens (including phenoxy) is 1. The Balaban J connectivity index is 0.00000289. The lowest BCUT2D eigenvalue weighted by Crippen LogP contribution is -2.27. The van der Waals surface area contributed by atoms with Gasteiger partial charge in [0, 0.05) is 6.54 Å². The summed E-state index contributed by atoms with van der Waals surface area (Å²) in [4.78, 5) is 11.3. The average Bonchev–Trinajstić information content (AvgIpc) is 2.32. The van der Waals surface area contributed by atoms with Crippen LogP contribution in [0.25, 0.3) is 0 Å². The molecule has 102 valence electrons. The number of hydrogen-bond donors (Lipinski definition) is 2. The molecule has 0 saturated heterocycles. The summed E-state index contributed by atoms with van der Waals surface area (Å²) in [5.41, 5.74) is 5.29. The second kappa shape index (κ2) is 9.67. The van der Waals surface area contributed by atoms with E-state index in [1.165, 1.54) is 12.1 Å². The molecule has 0 aliphatic heterocycles. The van der Waals surface area contributed by atoms with Crippen molar-refractivity contribution in [1.82, 2.24) is 5.32 Å². The quantitative estimate of drug-likeness (QED) is 0.742. The minimum Gasteiger partial charge on any atom is -0.490 e. The van der Waals surface area contributed by atoms with Gasteiger partial charge in [0.05, 0.1) is 13.0 Å². The minimum absolute atomic E-state index is 0. The second-order valence-corrected chi connectivity index (χ2v) is 3.52. The molecular weight excluding hydrogens is 259 g/mol. The van der Waals surface area contributed by atoms with Gasteiger partial charge >= 0.3 is 0 Å². The molecule has 6 heteroatoms. The standard InChI is InChI=1S/C12H17FN2O2.ClH/c13-10-4-1-2-5-11(10)17-9-6-12(16)15-8-3-7-14;/h1-2,4-5H,3,6-9,14H2,(H,15,16);1H. The maximum atomic E-state index is 13.1. The van der Waals surface area contributed by atoms with Crippen molar-refractivity contribution in [2.75, 3.05) is 19.7 Å². The van der Waals surface area contributed by atoms with Gasteiger partial charge in [0.25, 0.3) is 0 Å². The lowest BCUT2D eigenvalue weighted by atomic mass is 10.3. The number of nitrogens with one attached hydrogen (secondary N) is 1. The summed E-state index contributed by atoms with van der Waals surface area (Å²) >= 11 is 0. The fraction of sp³-hybridized carbons (Fsp3) is 0.417. The predicted molar refractivity (Wildman–Crippen MR) is 70.4 cm³/mol. The molecule has 0 aliphatic carbocycles. The van der Waals surface area contributed by atoms with Gasteiger partial charge in [-0.1, -0.05) is 12.1 Å². The molecule has 1 aromatic carbocycles. The molecular formula is C12H18ClFN2O2. The molecule has 0 atom stereocenters. The monoisotopic (exact) mass is 276 g/mol. The first-order valence-electron chi connectivity index (χ1n) is 5.58. The van der Waals surface area contributed by atoms with Crippen LogP contribution in [0.2, 0.25) is 0 Å². The molecule has 1 rings (SSSR count). The van der Waals surface area contributed by atoms with Crippen molar-refractivity contribution in [3.05, 3.63) is 30.1 Å². The molecule has 0 heterocycles. The molecule has 0 aliphatic rings. The Kier molecular flexibility index (Phi) is 8.96. The van der Waals surface area contributed by atoms with Crippen molar-refractivity contribution < 1.29 is 13.9 Å². The van der Waals surface area contributed by atoms with Crippen molar-refractivity contribution >= 4 is 18.3 Å². The van der Waals surface area contributed by atoms with Crippen LogP contribution in [0.4, 0.5) is 4.39 Å². The van der Waals surface area contributed by atoms with E-state index in [2.05, 4.69) is 5.32 Å². The summed E-state index contributed by atoms with van der Waals surface area (Å²) in [7, 11) is 0. The summed E-state index contributed by atoms with van der Waals surface area (Å²) in [6, 6.07) is 6.11. The van der Waals surface area contributed by atoms with E-state index in [0.29, 0.717) is 13.1 Å². The third-order valence-electron chi connectivity index (χ3n) is 2.13. The molecule has 4 nitrogen and oxygen atoms in total. The SMILES string of the molecule is Cl.NCCCNC(=O)CCOc1ccccc1F. The Bertz CT molecular complexity index is 364. The molecule has 1 aromatic rings. The summed E-state index contributed by atoms with van der Waals surface area (Å²) in [6.07, 6.45) is 0.957. The Morgan fingerprint density at radius 3 is 2.78 bits per heavy atom. The zero-order chi connectivity index (χ0) is 12.5. The van der Waals surface area contributed by atoms with E-state index in [0.717, 1.165) is 6.42 Å². The highest BCUT2D eigenvalue weighted by atomic mass is 35.5. The fourth-order valence-corrected chi connectivity index (χ4v) is 1.23. The van der Waals surface area contributed by atoms with Gasteiger partial charge in [-0.3, -0.25) is 4.79 Å². The summed E-state index contributed by atoms with van der Waals surface area (Å²) in [5, 5.41) is 2.69. The maximum absolute atomic E-state index is 13.1. The Morgan fingerprint density at radius 2 is 2.11 bits per heavy atom. The van der Waals surface area contributed by atoms with Crippen molar-refractivity contribution in [3.8, 4) is 5.75 Å². The average molecular weight is 277 g/mol. The number of rotatable bonds is 7. The van der Waals surface area contributed by atoms with E-state index in [-0.39, 0.29) is 37.1 Å². The van der Waals surface area contributed by atoms with Gasteiger partial charge in [-0.2, -0.15) is 0 Å². The van der Waals surface area contributed by atoms with Crippen molar-refractivity contribution in [2.24, 2.45) is 5.73 Å². The number of benzene rings is 1. The lowest BCUT2D eigenvalue weighted by molar-refractivity contribution is -0.121. The lowest BCUT2D eigenvalue weighted by Gasteiger charge is -2.07. The first kappa shape index (κ1) is 16.7. The Morgan fingerprint density at radius 1 is 1.39 bits per heavy atom. The molecule has 18 heavy (non-hydrogen) atoms. The Hall–Kier alpha value is -1.33. The number of halogens is 2. The van der Waals surface area contributed by atoms with Crippen LogP contribution in [-0.2, 0) is 4.79 Å². The third kappa shape index (κ3) is 6.42. The van der Waals surface area contributed by atoms with E-state index >= 15 is 0 Å². The highest BCUT2D eigenvalue weighted by Gasteiger charge is 2.04. The van der Waals surface area contributed by atoms with Gasteiger partial charge in [0.2, 0.25) is 5.91 Å². The van der Waals surface area contributed by atoms with Crippen LogP contribution in [0.3, 0.4) is 0 Å². The second-order valence-electron chi connectivity index (χ2n) is 3.52. The van der Waals surface area contributed by atoms with Crippen molar-refractivity contribution in [3.63, 3.8) is 0 Å². The molecule has 3 N–H and O–H groups in total. The number of hydrogen-bond acceptors (Lipinski definition) is 3. The van der Waals surface area contributed by atoms with Crippen LogP contribution < -0.4 is 15.8 Å². The normalized spacial score (nSPS) is 9.44. The largest absolute Gasteiger partial charge is 0.490 e. The topological polar surface area (TPSA) is 64.3 Å². The summed E-state index contributed by atoms with van der Waals surface area (Å²) in [5.74, 6) is -0.368. The first-order chi connectivity index (χ1) is 8.24. The van der Waals surface area contributed by atoms with Crippen molar-refractivity contribution in [2.45, 2.75) is 12.8 Å². The van der Waals surface area contributed by atoms with Crippen LogP contribution >= 0.6 is 12.4 Å². The van der Waals surface area contributed by atoms with Crippen LogP contribution in [0.1, 0.15) is 12.8 Å². The van der Waals surface area contributed by atoms with Gasteiger partial charge < -0.3 is 15.8 Å². The molecule has 0 saturated carbocycles. The number of amides is 1. The molecule has 0 spiro atoms. The fourth-order valence-electron chi connectivity index (χ4n) is 1.23. The third-order valence-corrected chi connectivity index (χ3v) is 2.13. The van der Waals surface area contributed by atoms with E-state index in [1.807, 2.05) is 0 Å². The van der Waals surface area contributed by atoms with Gasteiger partial charge in [0.1, 0.15) is 0 Å². The van der Waals surface area contributed by atoms with Crippen LogP contribution in [0.5, 0.6) is 5.75 Å². The molecule has 1 amide bonds. The maximum Gasteiger partial charge on any atom is 0.223 e.